The van der Waals surface area contributed by atoms with Crippen molar-refractivity contribution < 1.29 is 23.7 Å². The summed E-state index contributed by atoms with van der Waals surface area (Å²) in [5.74, 6) is -0.633. The molecular weight excluding hydrogens is 375 g/mol. The highest BCUT2D eigenvalue weighted by atomic mass is 19.1. The number of piperazine rings is 1. The molecule has 3 fully saturated rings. The van der Waals surface area contributed by atoms with Crippen LogP contribution in [0.25, 0.3) is 0 Å². The van der Waals surface area contributed by atoms with Gasteiger partial charge in [-0.2, -0.15) is 0 Å². The van der Waals surface area contributed by atoms with Crippen LogP contribution < -0.4 is 15.1 Å². The van der Waals surface area contributed by atoms with Gasteiger partial charge in [0.05, 0.1) is 31.9 Å². The molecule has 0 unspecified atom stereocenters. The van der Waals surface area contributed by atoms with Gasteiger partial charge in [-0.25, -0.2) is 14.1 Å². The van der Waals surface area contributed by atoms with Crippen LogP contribution in [0.2, 0.25) is 0 Å². The van der Waals surface area contributed by atoms with Crippen LogP contribution in [0.4, 0.5) is 14.9 Å². The van der Waals surface area contributed by atoms with E-state index in [-0.39, 0.29) is 17.7 Å². The quantitative estimate of drug-likeness (QED) is 0.580. The van der Waals surface area contributed by atoms with Crippen molar-refractivity contribution in [1.29, 1.82) is 0 Å². The summed E-state index contributed by atoms with van der Waals surface area (Å²) >= 11 is 0. The van der Waals surface area contributed by atoms with Gasteiger partial charge in [0.15, 0.2) is 12.5 Å². The number of anilines is 1. The zero-order valence-corrected chi connectivity index (χ0v) is 16.8. The molecule has 2 aliphatic heterocycles. The predicted molar refractivity (Wildman–Crippen MR) is 105 cm³/mol. The Balaban J connectivity index is 1.36. The number of nitrogens with zero attached hydrogens (tertiary/aromatic N) is 2. The van der Waals surface area contributed by atoms with Crippen LogP contribution in [0.15, 0.2) is 18.2 Å². The number of carbonyl (C=O) groups is 3. The molecule has 3 amide bonds. The van der Waals surface area contributed by atoms with E-state index in [1.807, 2.05) is 4.90 Å². The lowest BCUT2D eigenvalue weighted by Gasteiger charge is -2.35. The molecule has 0 atom stereocenters. The van der Waals surface area contributed by atoms with Crippen LogP contribution in [-0.4, -0.2) is 61.0 Å². The van der Waals surface area contributed by atoms with Crippen molar-refractivity contribution in [2.75, 3.05) is 37.7 Å². The lowest BCUT2D eigenvalue weighted by atomic mass is 9.82. The Hall–Kier alpha value is -2.48. The molecule has 0 radical (unpaired) electrons. The number of imide groups is 1. The minimum Gasteiger partial charge on any atom is -0.358 e. The Bertz CT molecular complexity index is 829. The summed E-state index contributed by atoms with van der Waals surface area (Å²) in [6, 6.07) is 4.31. The van der Waals surface area contributed by atoms with Crippen LogP contribution in [-0.2, 0) is 4.79 Å². The number of ketones is 1. The third-order valence-corrected chi connectivity index (χ3v) is 6.50. The number of nitrogens with one attached hydrogen (secondary N) is 2. The van der Waals surface area contributed by atoms with Crippen LogP contribution in [0.1, 0.15) is 49.4 Å². The smallest absolute Gasteiger partial charge is 0.329 e. The van der Waals surface area contributed by atoms with E-state index in [4.69, 9.17) is 0 Å². The molecule has 1 aromatic rings. The number of amides is 3. The van der Waals surface area contributed by atoms with Gasteiger partial charge in [0.25, 0.3) is 5.91 Å². The standard InChI is InChI=1S/C21H27FN4O3/c1-15(27)16-5-6-18(17(22)13-16)25-11-9-24(10-12-25)14-26-19(28)21(23-20(26)29)7-3-2-4-8-21/h5-6,13H,2-4,7-12,14H2,1H3,(H,23,29)/p+1. The molecule has 3 aliphatic rings. The van der Waals surface area contributed by atoms with Crippen LogP contribution in [0.3, 0.4) is 0 Å². The largest absolute Gasteiger partial charge is 0.358 e. The molecule has 156 valence electrons. The second kappa shape index (κ2) is 7.74. The number of Topliss-reactive ketones (excluding diaryl/α,β-unsaturated/α-hetero) is 1. The van der Waals surface area contributed by atoms with E-state index in [1.54, 1.807) is 12.1 Å². The molecule has 1 aromatic carbocycles. The maximum Gasteiger partial charge on any atom is 0.329 e. The number of carbonyl (C=O) groups excluding carboxylic acids is 3. The van der Waals surface area contributed by atoms with Gasteiger partial charge in [-0.15, -0.1) is 0 Å². The number of benzene rings is 1. The minimum absolute atomic E-state index is 0.0806. The maximum atomic E-state index is 14.4. The minimum atomic E-state index is -0.682. The number of halogens is 1. The van der Waals surface area contributed by atoms with E-state index in [9.17, 15) is 18.8 Å². The molecule has 0 bridgehead atoms. The van der Waals surface area contributed by atoms with Crippen LogP contribution >= 0.6 is 0 Å². The molecule has 4 rings (SSSR count). The fourth-order valence-corrected chi connectivity index (χ4v) is 4.74. The molecule has 1 saturated carbocycles. The maximum absolute atomic E-state index is 14.4. The molecule has 8 heteroatoms. The average molecular weight is 403 g/mol. The highest BCUT2D eigenvalue weighted by Crippen LogP contribution is 2.33. The van der Waals surface area contributed by atoms with Crippen molar-refractivity contribution in [2.24, 2.45) is 0 Å². The molecule has 7 nitrogen and oxygen atoms in total. The summed E-state index contributed by atoms with van der Waals surface area (Å²) in [7, 11) is 0. The summed E-state index contributed by atoms with van der Waals surface area (Å²) in [4.78, 5) is 41.2. The summed E-state index contributed by atoms with van der Waals surface area (Å²) < 4.78 is 14.4. The van der Waals surface area contributed by atoms with Gasteiger partial charge in [0, 0.05) is 5.56 Å². The average Bonchev–Trinajstić information content (AvgIpc) is 2.93. The van der Waals surface area contributed by atoms with E-state index in [0.29, 0.717) is 44.1 Å². The van der Waals surface area contributed by atoms with Crippen LogP contribution in [0, 0.1) is 5.82 Å². The molecule has 2 saturated heterocycles. The monoisotopic (exact) mass is 403 g/mol. The molecular formula is C21H28FN4O3+. The van der Waals surface area contributed by atoms with Crippen molar-refractivity contribution in [3.05, 3.63) is 29.6 Å². The van der Waals surface area contributed by atoms with Gasteiger partial charge in [0.2, 0.25) is 0 Å². The summed E-state index contributed by atoms with van der Waals surface area (Å²) in [6.45, 7) is 4.44. The first-order valence-corrected chi connectivity index (χ1v) is 10.4. The van der Waals surface area contributed by atoms with Crippen molar-refractivity contribution in [2.45, 2.75) is 44.6 Å². The van der Waals surface area contributed by atoms with E-state index >= 15 is 0 Å². The first-order chi connectivity index (χ1) is 13.9. The van der Waals surface area contributed by atoms with E-state index in [1.165, 1.54) is 17.9 Å². The van der Waals surface area contributed by atoms with E-state index < -0.39 is 11.4 Å². The number of quaternary nitrogens is 1. The van der Waals surface area contributed by atoms with Gasteiger partial charge < -0.3 is 15.1 Å². The highest BCUT2D eigenvalue weighted by Gasteiger charge is 2.52. The van der Waals surface area contributed by atoms with Crippen molar-refractivity contribution in [1.82, 2.24) is 10.2 Å². The van der Waals surface area contributed by atoms with Gasteiger partial charge >= 0.3 is 6.03 Å². The van der Waals surface area contributed by atoms with Gasteiger partial charge in [-0.3, -0.25) is 9.59 Å². The van der Waals surface area contributed by atoms with Gasteiger partial charge in [0.1, 0.15) is 11.4 Å². The SMILES string of the molecule is CC(=O)c1ccc(N2CC[NH+](CN3C(=O)NC4(CCCCC4)C3=O)CC2)c(F)c1. The highest BCUT2D eigenvalue weighted by molar-refractivity contribution is 6.06. The number of urea groups is 1. The molecule has 0 aromatic heterocycles. The lowest BCUT2D eigenvalue weighted by molar-refractivity contribution is -0.907. The first kappa shape index (κ1) is 19.8. The van der Waals surface area contributed by atoms with Gasteiger partial charge in [-0.1, -0.05) is 19.3 Å². The van der Waals surface area contributed by atoms with Gasteiger partial charge in [-0.05, 0) is 38.0 Å². The van der Waals surface area contributed by atoms with Crippen molar-refractivity contribution in [3.8, 4) is 0 Å². The van der Waals surface area contributed by atoms with Crippen molar-refractivity contribution in [3.63, 3.8) is 0 Å². The lowest BCUT2D eigenvalue weighted by Crippen LogP contribution is -3.16. The number of hydrogen-bond acceptors (Lipinski definition) is 4. The summed E-state index contributed by atoms with van der Waals surface area (Å²) in [5, 5.41) is 2.95. The topological polar surface area (TPSA) is 74.2 Å². The Morgan fingerprint density at radius 2 is 1.86 bits per heavy atom. The Kier molecular flexibility index (Phi) is 5.29. The Morgan fingerprint density at radius 1 is 1.17 bits per heavy atom. The van der Waals surface area contributed by atoms with Crippen molar-refractivity contribution >= 4 is 23.4 Å². The summed E-state index contributed by atoms with van der Waals surface area (Å²) in [5.41, 5.74) is 0.175. The zero-order valence-electron chi connectivity index (χ0n) is 16.8. The van der Waals surface area contributed by atoms with Crippen LogP contribution in [0.5, 0.6) is 0 Å². The second-order valence-electron chi connectivity index (χ2n) is 8.42. The number of hydrogen-bond donors (Lipinski definition) is 2. The molecule has 29 heavy (non-hydrogen) atoms. The molecule has 2 heterocycles. The summed E-state index contributed by atoms with van der Waals surface area (Å²) in [6.07, 6.45) is 4.51. The predicted octanol–water partition coefficient (Wildman–Crippen LogP) is 0.945. The number of rotatable bonds is 4. The normalized spacial score (nSPS) is 22.3. The van der Waals surface area contributed by atoms with E-state index in [0.717, 1.165) is 37.0 Å². The molecule has 1 spiro atoms. The zero-order chi connectivity index (χ0) is 20.6. The third kappa shape index (κ3) is 3.73. The second-order valence-corrected chi connectivity index (χ2v) is 8.42. The fraction of sp³-hybridized carbons (Fsp3) is 0.571. The Labute approximate surface area is 169 Å². The fourth-order valence-electron chi connectivity index (χ4n) is 4.74. The molecule has 1 aliphatic carbocycles. The molecule has 2 N–H and O–H groups in total. The first-order valence-electron chi connectivity index (χ1n) is 10.4. The van der Waals surface area contributed by atoms with E-state index in [2.05, 4.69) is 5.32 Å². The third-order valence-electron chi connectivity index (χ3n) is 6.50. The Morgan fingerprint density at radius 3 is 2.48 bits per heavy atom.